The van der Waals surface area contributed by atoms with Gasteiger partial charge in [0, 0.05) is 4.88 Å². The van der Waals surface area contributed by atoms with Crippen molar-refractivity contribution in [1.82, 2.24) is 5.32 Å². The summed E-state index contributed by atoms with van der Waals surface area (Å²) in [7, 11) is 0. The second-order valence-electron chi connectivity index (χ2n) is 8.85. The number of thiophene rings is 1. The number of amides is 1. The molecule has 1 aliphatic carbocycles. The molecule has 0 saturated heterocycles. The number of aromatic hydroxyl groups is 1. The van der Waals surface area contributed by atoms with E-state index in [4.69, 9.17) is 4.74 Å². The highest BCUT2D eigenvalue weighted by molar-refractivity contribution is 9.10. The molecule has 156 valence electrons. The van der Waals surface area contributed by atoms with Gasteiger partial charge in [0.25, 0.3) is 5.91 Å². The first-order chi connectivity index (χ1) is 13.7. The van der Waals surface area contributed by atoms with Crippen LogP contribution in [0.4, 0.5) is 5.00 Å². The lowest BCUT2D eigenvalue weighted by atomic mass is 9.72. The van der Waals surface area contributed by atoms with E-state index in [0.717, 1.165) is 35.4 Å². The van der Waals surface area contributed by atoms with Crippen molar-refractivity contribution in [3.8, 4) is 11.5 Å². The Morgan fingerprint density at radius 3 is 2.76 bits per heavy atom. The standard InChI is InChI=1S/C22H27BrN2O3S/c1-5-28-15-9-11(8-14(23)18(15)26)19-24-20(27)17-13-7-6-12(22(2,3)4)10-16(13)29-21(17)25-19/h8-9,12,19,25-26H,5-7,10H2,1-4H3,(H,24,27)/t12-,19+/m1/s1. The predicted molar refractivity (Wildman–Crippen MR) is 120 cm³/mol. The van der Waals surface area contributed by atoms with Crippen LogP contribution < -0.4 is 15.4 Å². The van der Waals surface area contributed by atoms with Crippen molar-refractivity contribution in [2.24, 2.45) is 11.3 Å². The molecule has 0 saturated carbocycles. The van der Waals surface area contributed by atoms with Crippen LogP contribution in [-0.4, -0.2) is 17.6 Å². The van der Waals surface area contributed by atoms with E-state index < -0.39 is 0 Å². The molecule has 2 aromatic rings. The van der Waals surface area contributed by atoms with E-state index in [2.05, 4.69) is 47.3 Å². The second kappa shape index (κ2) is 7.51. The maximum absolute atomic E-state index is 13.0. The van der Waals surface area contributed by atoms with Gasteiger partial charge in [-0.15, -0.1) is 11.3 Å². The topological polar surface area (TPSA) is 70.6 Å². The van der Waals surface area contributed by atoms with Crippen LogP contribution in [0.25, 0.3) is 0 Å². The average Bonchev–Trinajstić information content (AvgIpc) is 3.02. The van der Waals surface area contributed by atoms with E-state index in [-0.39, 0.29) is 23.2 Å². The largest absolute Gasteiger partial charge is 0.503 e. The zero-order valence-corrected chi connectivity index (χ0v) is 19.6. The number of halogens is 1. The van der Waals surface area contributed by atoms with E-state index in [0.29, 0.717) is 22.7 Å². The van der Waals surface area contributed by atoms with Crippen molar-refractivity contribution in [1.29, 1.82) is 0 Å². The molecular formula is C22H27BrN2O3S. The van der Waals surface area contributed by atoms with Gasteiger partial charge in [0.05, 0.1) is 16.6 Å². The minimum absolute atomic E-state index is 0.0300. The molecule has 1 aromatic carbocycles. The summed E-state index contributed by atoms with van der Waals surface area (Å²) >= 11 is 5.10. The summed E-state index contributed by atoms with van der Waals surface area (Å²) in [6, 6.07) is 3.58. The number of rotatable bonds is 3. The number of anilines is 1. The van der Waals surface area contributed by atoms with Gasteiger partial charge in [-0.3, -0.25) is 4.79 Å². The van der Waals surface area contributed by atoms with E-state index >= 15 is 0 Å². The van der Waals surface area contributed by atoms with Gasteiger partial charge in [-0.05, 0) is 76.7 Å². The van der Waals surface area contributed by atoms with Crippen molar-refractivity contribution in [3.05, 3.63) is 38.2 Å². The molecule has 29 heavy (non-hydrogen) atoms. The van der Waals surface area contributed by atoms with Crippen LogP contribution in [0.1, 0.15) is 66.6 Å². The summed E-state index contributed by atoms with van der Waals surface area (Å²) < 4.78 is 6.08. The van der Waals surface area contributed by atoms with Crippen molar-refractivity contribution in [2.45, 2.75) is 53.1 Å². The van der Waals surface area contributed by atoms with Gasteiger partial charge in [-0.1, -0.05) is 20.8 Å². The quantitative estimate of drug-likeness (QED) is 0.535. The number of hydrogen-bond donors (Lipinski definition) is 3. The molecule has 0 spiro atoms. The van der Waals surface area contributed by atoms with Crippen molar-refractivity contribution in [2.75, 3.05) is 11.9 Å². The minimum atomic E-state index is -0.371. The Bertz CT molecular complexity index is 964. The lowest BCUT2D eigenvalue weighted by molar-refractivity contribution is 0.0934. The molecule has 7 heteroatoms. The van der Waals surface area contributed by atoms with Crippen LogP contribution in [0, 0.1) is 11.3 Å². The molecule has 1 amide bonds. The number of carbonyl (C=O) groups is 1. The third-order valence-corrected chi connectivity index (χ3v) is 7.74. The normalized spacial score (nSPS) is 21.1. The first-order valence-corrected chi connectivity index (χ1v) is 11.7. The van der Waals surface area contributed by atoms with Gasteiger partial charge in [-0.2, -0.15) is 0 Å². The Morgan fingerprint density at radius 1 is 1.31 bits per heavy atom. The number of nitrogens with one attached hydrogen (secondary N) is 2. The minimum Gasteiger partial charge on any atom is -0.503 e. The van der Waals surface area contributed by atoms with E-state index in [1.807, 2.05) is 13.0 Å². The van der Waals surface area contributed by atoms with Gasteiger partial charge in [0.15, 0.2) is 11.5 Å². The first kappa shape index (κ1) is 20.5. The van der Waals surface area contributed by atoms with Crippen LogP contribution in [-0.2, 0) is 12.8 Å². The van der Waals surface area contributed by atoms with E-state index in [1.54, 1.807) is 17.4 Å². The molecule has 1 aromatic heterocycles. The molecule has 4 rings (SSSR count). The molecular weight excluding hydrogens is 452 g/mol. The SMILES string of the molecule is CCOc1cc([C@H]2NC(=O)c3c(sc4c3CC[C@@H](C(C)(C)C)C4)N2)cc(Br)c1O. The Balaban J connectivity index is 1.65. The molecule has 2 aliphatic rings. The van der Waals surface area contributed by atoms with Gasteiger partial charge in [0.1, 0.15) is 11.2 Å². The summed E-state index contributed by atoms with van der Waals surface area (Å²) in [5, 5.41) is 17.7. The third-order valence-electron chi connectivity index (χ3n) is 5.95. The fourth-order valence-electron chi connectivity index (χ4n) is 4.23. The number of carbonyl (C=O) groups excluding carboxylic acids is 1. The molecule has 5 nitrogen and oxygen atoms in total. The van der Waals surface area contributed by atoms with Gasteiger partial charge in [-0.25, -0.2) is 0 Å². The van der Waals surface area contributed by atoms with Gasteiger partial charge < -0.3 is 20.5 Å². The molecule has 1 aliphatic heterocycles. The molecule has 2 heterocycles. The smallest absolute Gasteiger partial charge is 0.256 e. The second-order valence-corrected chi connectivity index (χ2v) is 10.8. The Morgan fingerprint density at radius 2 is 2.07 bits per heavy atom. The predicted octanol–water partition coefficient (Wildman–Crippen LogP) is 5.62. The van der Waals surface area contributed by atoms with Crippen LogP contribution in [0.5, 0.6) is 11.5 Å². The van der Waals surface area contributed by atoms with E-state index in [1.165, 1.54) is 10.4 Å². The number of fused-ring (bicyclic) bond motifs is 3. The van der Waals surface area contributed by atoms with Crippen molar-refractivity contribution >= 4 is 38.2 Å². The molecule has 3 N–H and O–H groups in total. The van der Waals surface area contributed by atoms with Crippen LogP contribution in [0.15, 0.2) is 16.6 Å². The maximum atomic E-state index is 13.0. The lowest BCUT2D eigenvalue weighted by Gasteiger charge is -2.34. The third kappa shape index (κ3) is 3.75. The Hall–Kier alpha value is -1.73. The average molecular weight is 479 g/mol. The fraction of sp³-hybridized carbons (Fsp3) is 0.500. The number of phenolic OH excluding ortho intramolecular Hbond substituents is 1. The zero-order chi connectivity index (χ0) is 20.9. The Labute approximate surface area is 184 Å². The highest BCUT2D eigenvalue weighted by atomic mass is 79.9. The van der Waals surface area contributed by atoms with Crippen LogP contribution in [0.2, 0.25) is 0 Å². The maximum Gasteiger partial charge on any atom is 0.256 e. The highest BCUT2D eigenvalue weighted by Gasteiger charge is 2.36. The van der Waals surface area contributed by atoms with E-state index in [9.17, 15) is 9.90 Å². The lowest BCUT2D eigenvalue weighted by Crippen LogP contribution is -2.38. The summed E-state index contributed by atoms with van der Waals surface area (Å²) in [6.07, 6.45) is 2.75. The number of hydrogen-bond acceptors (Lipinski definition) is 5. The summed E-state index contributed by atoms with van der Waals surface area (Å²) in [6.45, 7) is 9.22. The number of ether oxygens (including phenoxy) is 1. The summed E-state index contributed by atoms with van der Waals surface area (Å²) in [5.74, 6) is 1.07. The highest BCUT2D eigenvalue weighted by Crippen LogP contribution is 2.46. The summed E-state index contributed by atoms with van der Waals surface area (Å²) in [5.41, 5.74) is 3.14. The van der Waals surface area contributed by atoms with Crippen molar-refractivity contribution < 1.29 is 14.6 Å². The van der Waals surface area contributed by atoms with Gasteiger partial charge in [0.2, 0.25) is 0 Å². The monoisotopic (exact) mass is 478 g/mol. The molecule has 0 fully saturated rings. The molecule has 2 atom stereocenters. The molecule has 0 bridgehead atoms. The fourth-order valence-corrected chi connectivity index (χ4v) is 6.04. The first-order valence-electron chi connectivity index (χ1n) is 10.1. The van der Waals surface area contributed by atoms with Crippen LogP contribution in [0.3, 0.4) is 0 Å². The van der Waals surface area contributed by atoms with Crippen molar-refractivity contribution in [3.63, 3.8) is 0 Å². The Kier molecular flexibility index (Phi) is 5.32. The number of phenols is 1. The molecule has 0 radical (unpaired) electrons. The molecule has 0 unspecified atom stereocenters. The summed E-state index contributed by atoms with van der Waals surface area (Å²) in [4.78, 5) is 14.3. The van der Waals surface area contributed by atoms with Gasteiger partial charge >= 0.3 is 0 Å². The van der Waals surface area contributed by atoms with Crippen LogP contribution >= 0.6 is 27.3 Å². The number of benzene rings is 1. The zero-order valence-electron chi connectivity index (χ0n) is 17.2.